The lowest BCUT2D eigenvalue weighted by Gasteiger charge is -2.19. The summed E-state index contributed by atoms with van der Waals surface area (Å²) in [5, 5.41) is 1.33. The van der Waals surface area contributed by atoms with Crippen molar-refractivity contribution in [3.05, 3.63) is 169 Å². The van der Waals surface area contributed by atoms with Crippen LogP contribution < -0.4 is 0 Å². The van der Waals surface area contributed by atoms with Gasteiger partial charge in [-0.25, -0.2) is 0 Å². The zero-order valence-electron chi connectivity index (χ0n) is 38.4. The van der Waals surface area contributed by atoms with Gasteiger partial charge >= 0.3 is 0 Å². The third-order valence-electron chi connectivity index (χ3n) is 7.94. The first-order chi connectivity index (χ1) is 28.6. The van der Waals surface area contributed by atoms with Crippen LogP contribution in [0, 0.1) is 0 Å². The molecule has 0 spiro atoms. The van der Waals surface area contributed by atoms with Crippen LogP contribution in [0.15, 0.2) is 174 Å². The van der Waals surface area contributed by atoms with Crippen LogP contribution in [-0.4, -0.2) is 0 Å². The highest BCUT2D eigenvalue weighted by atomic mass is 16.3. The van der Waals surface area contributed by atoms with Crippen molar-refractivity contribution in [3.8, 4) is 44.5 Å². The fourth-order valence-corrected chi connectivity index (χ4v) is 6.05. The Bertz CT molecular complexity index is 3290. The van der Waals surface area contributed by atoms with Gasteiger partial charge in [0.05, 0.1) is 20.6 Å². The summed E-state index contributed by atoms with van der Waals surface area (Å²) in [6, 6.07) is 14.7. The van der Waals surface area contributed by atoms with E-state index in [-0.39, 0.29) is 73.9 Å². The first-order valence-electron chi connectivity index (χ1n) is 21.7. The van der Waals surface area contributed by atoms with Gasteiger partial charge in [0.15, 0.2) is 0 Å². The molecule has 0 unspecified atom stereocenters. The van der Waals surface area contributed by atoms with E-state index < -0.39 is 72.0 Å². The van der Waals surface area contributed by atoms with Gasteiger partial charge in [0.25, 0.3) is 0 Å². The maximum atomic E-state index is 9.98. The van der Waals surface area contributed by atoms with E-state index in [1.54, 1.807) is 78.9 Å². The van der Waals surface area contributed by atoms with Crippen LogP contribution in [0.4, 0.5) is 0 Å². The minimum atomic E-state index is -0.704. The lowest BCUT2D eigenvalue weighted by atomic mass is 9.84. The van der Waals surface area contributed by atoms with Crippen molar-refractivity contribution in [1.29, 1.82) is 0 Å². The molecule has 1 heteroatoms. The van der Waals surface area contributed by atoms with Crippen LogP contribution in [0.1, 0.15) is 20.6 Å². The van der Waals surface area contributed by atoms with Gasteiger partial charge in [0.1, 0.15) is 11.2 Å². The number of para-hydroxylation sites is 1. The molecule has 0 saturated carbocycles. The van der Waals surface area contributed by atoms with Crippen molar-refractivity contribution < 1.29 is 25.0 Å². The van der Waals surface area contributed by atoms with Crippen LogP contribution in [-0.2, 0) is 0 Å². The summed E-state index contributed by atoms with van der Waals surface area (Å²) in [7, 11) is 0. The molecule has 1 aromatic heterocycles. The van der Waals surface area contributed by atoms with Crippen LogP contribution in [0.3, 0.4) is 0 Å². The number of rotatable bonds is 4. The van der Waals surface area contributed by atoms with Gasteiger partial charge < -0.3 is 4.42 Å². The zero-order chi connectivity index (χ0) is 42.8. The summed E-state index contributed by atoms with van der Waals surface area (Å²) >= 11 is 0. The number of fused-ring (bicyclic) bond motifs is 5. The van der Waals surface area contributed by atoms with E-state index in [0.29, 0.717) is 32.7 Å². The predicted molar refractivity (Wildman–Crippen MR) is 190 cm³/mol. The molecule has 0 fully saturated rings. The monoisotopic (exact) mass is 587 g/mol. The average molecular weight is 588 g/mol. The average Bonchev–Trinajstić information content (AvgIpc) is 3.66. The highest BCUT2D eigenvalue weighted by molar-refractivity contribution is 6.23. The van der Waals surface area contributed by atoms with E-state index in [2.05, 4.69) is 0 Å². The molecule has 9 aromatic rings. The molecular weight excluding hydrogens is 544 g/mol. The first-order valence-corrected chi connectivity index (χ1v) is 14.2. The lowest BCUT2D eigenvalue weighted by Crippen LogP contribution is -1.92. The molecule has 0 aliphatic heterocycles. The fourth-order valence-electron chi connectivity index (χ4n) is 6.05. The summed E-state index contributed by atoms with van der Waals surface area (Å²) in [5.41, 5.74) is -0.0436. The van der Waals surface area contributed by atoms with Crippen molar-refractivity contribution in [2.45, 2.75) is 0 Å². The maximum Gasteiger partial charge on any atom is 0.136 e. The maximum absolute atomic E-state index is 9.98. The van der Waals surface area contributed by atoms with Gasteiger partial charge in [-0.3, -0.25) is 0 Å². The highest BCUT2D eigenvalue weighted by Gasteiger charge is 2.20. The normalized spacial score (nSPS) is 16.2. The molecule has 0 N–H and O–H groups in total. The van der Waals surface area contributed by atoms with E-state index in [9.17, 15) is 5.48 Å². The Hall–Kier alpha value is -5.92. The van der Waals surface area contributed by atoms with Gasteiger partial charge in [0.2, 0.25) is 0 Å². The fraction of sp³-hybridized carbons (Fsp3) is 0. The molecule has 210 valence electrons. The molecule has 0 bridgehead atoms. The molecule has 0 amide bonds. The zero-order valence-corrected chi connectivity index (χ0v) is 23.4. The summed E-state index contributed by atoms with van der Waals surface area (Å²) in [5.74, 6) is 0. The third kappa shape index (κ3) is 4.17. The van der Waals surface area contributed by atoms with Crippen LogP contribution >= 0.6 is 0 Å². The standard InChI is InChI=1S/C44H28O/c1-3-14-29(15-4-1)31-18-13-19-32(26-31)42-34-20-7-9-22-36(34)43(37-23-10-8-21-35(37)42)33-27-39(30-16-5-2-6-17-30)44-38-24-11-12-25-40(38)45-41(44)28-33/h1-28H/i2D,5D,6D,11D,12D,13D,16D,17D,18D,19D,24D,25D,26D,27D,28D. The summed E-state index contributed by atoms with van der Waals surface area (Å²) < 4.78 is 140. The van der Waals surface area contributed by atoms with Crippen LogP contribution in [0.25, 0.3) is 88.0 Å². The minimum Gasteiger partial charge on any atom is -0.456 e. The third-order valence-corrected chi connectivity index (χ3v) is 7.94. The molecule has 45 heavy (non-hydrogen) atoms. The van der Waals surface area contributed by atoms with Gasteiger partial charge in [-0.2, -0.15) is 0 Å². The van der Waals surface area contributed by atoms with Gasteiger partial charge in [0, 0.05) is 10.8 Å². The van der Waals surface area contributed by atoms with Crippen molar-refractivity contribution in [3.63, 3.8) is 0 Å². The van der Waals surface area contributed by atoms with Gasteiger partial charge in [-0.15, -0.1) is 0 Å². The SMILES string of the molecule is [2H]c1c([2H])c([2H])c(-c2c([2H])c(-c3c4ccccc4c(-c4c([2H])c([2H])c([2H])c(-c5ccccc5)c4[2H])c4ccccc34)c([2H])c3oc4c([2H])c([2H])c([2H])c([2H])c4c23)c([2H])c1[2H]. The first kappa shape index (κ1) is 14.7. The van der Waals surface area contributed by atoms with Crippen LogP contribution in [0.2, 0.25) is 0 Å². The van der Waals surface area contributed by atoms with Crippen LogP contribution in [0.5, 0.6) is 0 Å². The molecule has 0 aliphatic carbocycles. The molecule has 0 aliphatic rings. The quantitative estimate of drug-likeness (QED) is 0.187. The Morgan fingerprint density at radius 2 is 0.956 bits per heavy atom. The van der Waals surface area contributed by atoms with E-state index in [1.165, 1.54) is 0 Å². The Kier molecular flexibility index (Phi) is 3.39. The van der Waals surface area contributed by atoms with Crippen molar-refractivity contribution in [2.24, 2.45) is 0 Å². The van der Waals surface area contributed by atoms with Crippen molar-refractivity contribution in [1.82, 2.24) is 0 Å². The number of furan rings is 1. The van der Waals surface area contributed by atoms with Gasteiger partial charge in [-0.1, -0.05) is 145 Å². The molecule has 1 heterocycles. The Labute approximate surface area is 282 Å². The molecule has 0 radical (unpaired) electrons. The Morgan fingerprint density at radius 3 is 1.67 bits per heavy atom. The summed E-state index contributed by atoms with van der Waals surface area (Å²) in [6.07, 6.45) is 0. The van der Waals surface area contributed by atoms with E-state index in [4.69, 9.17) is 19.5 Å². The highest BCUT2D eigenvalue weighted by Crippen LogP contribution is 2.47. The second-order valence-corrected chi connectivity index (χ2v) is 10.5. The Morgan fingerprint density at radius 1 is 0.378 bits per heavy atom. The number of hydrogen-bond acceptors (Lipinski definition) is 1. The molecule has 0 saturated heterocycles. The second-order valence-electron chi connectivity index (χ2n) is 10.5. The smallest absolute Gasteiger partial charge is 0.136 e. The molecule has 1 nitrogen and oxygen atoms in total. The molecule has 8 aromatic carbocycles. The van der Waals surface area contributed by atoms with E-state index in [1.807, 2.05) is 0 Å². The lowest BCUT2D eigenvalue weighted by molar-refractivity contribution is 0.669. The predicted octanol–water partition coefficient (Wildman–Crippen LogP) is 12.6. The summed E-state index contributed by atoms with van der Waals surface area (Å²) in [4.78, 5) is 0. The number of hydrogen-bond donors (Lipinski definition) is 0. The van der Waals surface area contributed by atoms with E-state index in [0.717, 1.165) is 0 Å². The van der Waals surface area contributed by atoms with Crippen molar-refractivity contribution in [2.75, 3.05) is 0 Å². The molecule has 9 rings (SSSR count). The number of benzene rings is 8. The van der Waals surface area contributed by atoms with E-state index >= 15 is 0 Å². The van der Waals surface area contributed by atoms with Gasteiger partial charge in [-0.05, 0) is 90.2 Å². The Balaban J connectivity index is 1.51. The molecular formula is C44H28O. The second kappa shape index (κ2) is 10.4. The topological polar surface area (TPSA) is 13.1 Å². The van der Waals surface area contributed by atoms with Crippen molar-refractivity contribution >= 4 is 43.5 Å². The summed E-state index contributed by atoms with van der Waals surface area (Å²) in [6.45, 7) is 0. The minimum absolute atomic E-state index is 0.0851. The largest absolute Gasteiger partial charge is 0.456 e. The molecule has 0 atom stereocenters.